The number of morpholine rings is 2. The van der Waals surface area contributed by atoms with E-state index in [9.17, 15) is 4.79 Å². The zero-order valence-corrected chi connectivity index (χ0v) is 21.6. The molecule has 0 aliphatic carbocycles. The van der Waals surface area contributed by atoms with E-state index in [4.69, 9.17) is 14.5 Å². The summed E-state index contributed by atoms with van der Waals surface area (Å²) in [7, 11) is 0. The first kappa shape index (κ1) is 24.4. The van der Waals surface area contributed by atoms with Crippen LogP contribution in [0.15, 0.2) is 55.3 Å². The van der Waals surface area contributed by atoms with Crippen LogP contribution in [0.2, 0.25) is 0 Å². The number of carbonyl (C=O) groups excluding carboxylic acids is 1. The Morgan fingerprint density at radius 1 is 1.18 bits per heavy atom. The minimum atomic E-state index is -0.269. The number of pyridine rings is 1. The fourth-order valence-electron chi connectivity index (χ4n) is 5.34. The predicted octanol–water partition coefficient (Wildman–Crippen LogP) is 3.36. The first-order chi connectivity index (χ1) is 18.6. The predicted molar refractivity (Wildman–Crippen MR) is 146 cm³/mol. The second-order valence-electron chi connectivity index (χ2n) is 9.84. The number of anilines is 2. The number of ether oxygens (including phenoxy) is 2. The zero-order valence-electron chi connectivity index (χ0n) is 21.6. The van der Waals surface area contributed by atoms with Crippen molar-refractivity contribution in [3.63, 3.8) is 0 Å². The molecular weight excluding hydrogens is 482 g/mol. The Morgan fingerprint density at radius 2 is 1.97 bits per heavy atom. The third-order valence-electron chi connectivity index (χ3n) is 7.28. The van der Waals surface area contributed by atoms with Crippen molar-refractivity contribution in [3.05, 3.63) is 66.4 Å². The van der Waals surface area contributed by atoms with E-state index in [1.165, 1.54) is 0 Å². The van der Waals surface area contributed by atoms with Crippen LogP contribution in [0.4, 0.5) is 16.4 Å². The average Bonchev–Trinajstić information content (AvgIpc) is 3.35. The van der Waals surface area contributed by atoms with E-state index in [0.29, 0.717) is 25.6 Å². The zero-order chi connectivity index (χ0) is 26.1. The molecule has 3 aliphatic heterocycles. The molecule has 38 heavy (non-hydrogen) atoms. The lowest BCUT2D eigenvalue weighted by molar-refractivity contribution is -0.0882. The molecule has 10 nitrogen and oxygen atoms in total. The van der Waals surface area contributed by atoms with E-state index in [1.54, 1.807) is 9.42 Å². The number of carbonyl (C=O) groups is 1. The maximum absolute atomic E-state index is 12.0. The average molecular weight is 516 g/mol. The normalized spacial score (nSPS) is 21.2. The Kier molecular flexibility index (Phi) is 6.73. The summed E-state index contributed by atoms with van der Waals surface area (Å²) < 4.78 is 12.9. The SMILES string of the molecule is C=C(c1ccc(Nc2nc3c(C4=CCN(C(=O)OCC)CC4)cccn3n2)cc1)N1CC2CNCC(C1)O2. The highest BCUT2D eigenvalue weighted by molar-refractivity contribution is 5.79. The van der Waals surface area contributed by atoms with Gasteiger partial charge in [-0.3, -0.25) is 0 Å². The molecule has 2 saturated heterocycles. The summed E-state index contributed by atoms with van der Waals surface area (Å²) in [5, 5.41) is 11.4. The van der Waals surface area contributed by atoms with Gasteiger partial charge < -0.3 is 29.9 Å². The summed E-state index contributed by atoms with van der Waals surface area (Å²) in [5.74, 6) is 0.530. The molecule has 5 heterocycles. The number of hydrogen-bond acceptors (Lipinski definition) is 8. The molecule has 1 amide bonds. The largest absolute Gasteiger partial charge is 0.450 e. The Balaban J connectivity index is 1.14. The van der Waals surface area contributed by atoms with Crippen LogP contribution in [0, 0.1) is 0 Å². The monoisotopic (exact) mass is 515 g/mol. The summed E-state index contributed by atoms with van der Waals surface area (Å²) in [6.07, 6.45) is 4.86. The lowest BCUT2D eigenvalue weighted by atomic mass is 10.0. The van der Waals surface area contributed by atoms with E-state index in [0.717, 1.165) is 66.3 Å². The van der Waals surface area contributed by atoms with Crippen molar-refractivity contribution < 1.29 is 14.3 Å². The summed E-state index contributed by atoms with van der Waals surface area (Å²) in [4.78, 5) is 20.9. The molecule has 10 heteroatoms. The van der Waals surface area contributed by atoms with Crippen molar-refractivity contribution >= 4 is 34.6 Å². The number of nitrogens with zero attached hydrogens (tertiary/aromatic N) is 5. The number of hydrogen-bond donors (Lipinski definition) is 2. The van der Waals surface area contributed by atoms with Crippen LogP contribution in [0.25, 0.3) is 16.9 Å². The lowest BCUT2D eigenvalue weighted by Gasteiger charge is -2.43. The third-order valence-corrected chi connectivity index (χ3v) is 7.28. The number of fused-ring (bicyclic) bond motifs is 3. The molecule has 198 valence electrons. The minimum Gasteiger partial charge on any atom is -0.450 e. The Bertz CT molecular complexity index is 1350. The number of aromatic nitrogens is 3. The highest BCUT2D eigenvalue weighted by atomic mass is 16.6. The van der Waals surface area contributed by atoms with Gasteiger partial charge in [-0.1, -0.05) is 24.8 Å². The molecular formula is C28H33N7O3. The highest BCUT2D eigenvalue weighted by Gasteiger charge is 2.31. The molecule has 0 saturated carbocycles. The Hall–Kier alpha value is -3.89. The van der Waals surface area contributed by atoms with Crippen LogP contribution >= 0.6 is 0 Å². The Morgan fingerprint density at radius 3 is 2.68 bits per heavy atom. The van der Waals surface area contributed by atoms with E-state index in [1.807, 2.05) is 31.3 Å². The van der Waals surface area contributed by atoms with Gasteiger partial charge in [-0.05, 0) is 48.7 Å². The van der Waals surface area contributed by atoms with Crippen molar-refractivity contribution in [2.45, 2.75) is 25.6 Å². The van der Waals surface area contributed by atoms with Crippen molar-refractivity contribution in [3.8, 4) is 0 Å². The van der Waals surface area contributed by atoms with Gasteiger partial charge in [0, 0.05) is 62.4 Å². The molecule has 2 fully saturated rings. The molecule has 3 aliphatic rings. The van der Waals surface area contributed by atoms with Crippen LogP contribution in [0.3, 0.4) is 0 Å². The van der Waals surface area contributed by atoms with Gasteiger partial charge in [-0.25, -0.2) is 9.31 Å². The van der Waals surface area contributed by atoms with Crippen LogP contribution in [-0.4, -0.2) is 88.6 Å². The second kappa shape index (κ2) is 10.5. The fraction of sp³-hybridized carbons (Fsp3) is 0.393. The molecule has 1 aromatic carbocycles. The maximum atomic E-state index is 12.0. The van der Waals surface area contributed by atoms with Crippen molar-refractivity contribution in [2.75, 3.05) is 51.2 Å². The van der Waals surface area contributed by atoms with E-state index >= 15 is 0 Å². The molecule has 0 spiro atoms. The summed E-state index contributed by atoms with van der Waals surface area (Å²) in [6.45, 7) is 11.2. The van der Waals surface area contributed by atoms with Crippen molar-refractivity contribution in [1.82, 2.24) is 29.7 Å². The Labute approximate surface area is 221 Å². The van der Waals surface area contributed by atoms with Gasteiger partial charge >= 0.3 is 6.09 Å². The first-order valence-corrected chi connectivity index (χ1v) is 13.2. The number of nitrogens with one attached hydrogen (secondary N) is 2. The third kappa shape index (κ3) is 4.97. The van der Waals surface area contributed by atoms with Gasteiger partial charge in [0.15, 0.2) is 5.65 Å². The summed E-state index contributed by atoms with van der Waals surface area (Å²) in [5.41, 5.74) is 5.98. The highest BCUT2D eigenvalue weighted by Crippen LogP contribution is 2.28. The van der Waals surface area contributed by atoms with Gasteiger partial charge in [0.25, 0.3) is 0 Å². The van der Waals surface area contributed by atoms with Gasteiger partial charge in [-0.2, -0.15) is 4.98 Å². The maximum Gasteiger partial charge on any atom is 0.410 e. The fourth-order valence-corrected chi connectivity index (χ4v) is 5.34. The van der Waals surface area contributed by atoms with Gasteiger partial charge in [-0.15, -0.1) is 5.10 Å². The van der Waals surface area contributed by atoms with Gasteiger partial charge in [0.1, 0.15) is 0 Å². The number of benzene rings is 1. The standard InChI is InChI=1S/C28H33N7O3/c1-3-37-28(36)33-13-10-21(11-14-33)25-5-4-12-35-26(25)31-27(32-35)30-22-8-6-20(7-9-22)19(2)34-17-23-15-29-16-24(18-34)38-23/h4-10,12,23-24,29H,2-3,11,13-18H2,1H3,(H,30,32). The topological polar surface area (TPSA) is 96.3 Å². The summed E-state index contributed by atoms with van der Waals surface area (Å²) in [6, 6.07) is 12.2. The van der Waals surface area contributed by atoms with Crippen LogP contribution in [0.1, 0.15) is 24.5 Å². The van der Waals surface area contributed by atoms with E-state index in [-0.39, 0.29) is 18.3 Å². The molecule has 2 atom stereocenters. The summed E-state index contributed by atoms with van der Waals surface area (Å²) >= 11 is 0. The molecule has 0 radical (unpaired) electrons. The van der Waals surface area contributed by atoms with Gasteiger partial charge in [0.2, 0.25) is 5.95 Å². The minimum absolute atomic E-state index is 0.215. The number of rotatable bonds is 6. The quantitative estimate of drug-likeness (QED) is 0.516. The molecule has 3 aromatic rings. The van der Waals surface area contributed by atoms with Crippen molar-refractivity contribution in [2.24, 2.45) is 0 Å². The van der Waals surface area contributed by atoms with E-state index < -0.39 is 0 Å². The molecule has 2 unspecified atom stereocenters. The molecule has 6 rings (SSSR count). The second-order valence-corrected chi connectivity index (χ2v) is 9.84. The first-order valence-electron chi connectivity index (χ1n) is 13.2. The molecule has 2 bridgehead atoms. The molecule has 2 aromatic heterocycles. The molecule has 2 N–H and O–H groups in total. The lowest BCUT2D eigenvalue weighted by Crippen LogP contribution is -2.57. The van der Waals surface area contributed by atoms with Gasteiger partial charge in [0.05, 0.1) is 18.8 Å². The van der Waals surface area contributed by atoms with Crippen LogP contribution < -0.4 is 10.6 Å². The van der Waals surface area contributed by atoms with Crippen LogP contribution in [-0.2, 0) is 9.47 Å². The number of amides is 1. The smallest absolute Gasteiger partial charge is 0.410 e. The van der Waals surface area contributed by atoms with Crippen molar-refractivity contribution in [1.29, 1.82) is 0 Å². The van der Waals surface area contributed by atoms with E-state index in [2.05, 4.69) is 51.5 Å². The van der Waals surface area contributed by atoms with Crippen LogP contribution in [0.5, 0.6) is 0 Å².